The third-order valence-electron chi connectivity index (χ3n) is 3.12. The smallest absolute Gasteiger partial charge is 0.184 e. The van der Waals surface area contributed by atoms with Crippen LogP contribution in [0, 0.1) is 5.92 Å². The molecule has 1 aliphatic heterocycles. The van der Waals surface area contributed by atoms with E-state index in [2.05, 4.69) is 29.5 Å². The first-order chi connectivity index (χ1) is 8.16. The van der Waals surface area contributed by atoms with Gasteiger partial charge in [0.15, 0.2) is 5.78 Å². The molecule has 1 aromatic rings. The number of hydrogen-bond donors (Lipinski definition) is 1. The van der Waals surface area contributed by atoms with E-state index in [9.17, 15) is 4.79 Å². The highest BCUT2D eigenvalue weighted by Gasteiger charge is 2.21. The predicted molar refractivity (Wildman–Crippen MR) is 64.9 cm³/mol. The molecule has 0 aromatic carbocycles. The van der Waals surface area contributed by atoms with Crippen LogP contribution in [0.1, 0.15) is 49.6 Å². The number of carbonyl (C=O) groups excluding carboxylic acids is 1. The largest absolute Gasteiger partial charge is 0.312 e. The first-order valence-electron chi connectivity index (χ1n) is 6.32. The summed E-state index contributed by atoms with van der Waals surface area (Å²) in [5.74, 6) is 0.767. The zero-order valence-corrected chi connectivity index (χ0v) is 10.5. The fourth-order valence-corrected chi connectivity index (χ4v) is 1.84. The van der Waals surface area contributed by atoms with Crippen LogP contribution in [0.15, 0.2) is 6.20 Å². The van der Waals surface area contributed by atoms with Crippen LogP contribution in [0.2, 0.25) is 0 Å². The molecule has 17 heavy (non-hydrogen) atoms. The van der Waals surface area contributed by atoms with Crippen molar-refractivity contribution in [2.24, 2.45) is 5.92 Å². The van der Waals surface area contributed by atoms with Crippen molar-refractivity contribution in [1.29, 1.82) is 0 Å². The SMILES string of the molecule is CC(C)CCCC(=O)c1cn(C2CNC2)nn1. The van der Waals surface area contributed by atoms with E-state index in [1.165, 1.54) is 0 Å². The zero-order valence-electron chi connectivity index (χ0n) is 10.5. The van der Waals surface area contributed by atoms with E-state index in [1.54, 1.807) is 10.9 Å². The van der Waals surface area contributed by atoms with Gasteiger partial charge in [-0.05, 0) is 12.3 Å². The Hall–Kier alpha value is -1.23. The Labute approximate surface area is 102 Å². The van der Waals surface area contributed by atoms with Crippen molar-refractivity contribution in [3.8, 4) is 0 Å². The lowest BCUT2D eigenvalue weighted by Crippen LogP contribution is -2.43. The minimum Gasteiger partial charge on any atom is -0.312 e. The molecular weight excluding hydrogens is 216 g/mol. The molecule has 1 fully saturated rings. The van der Waals surface area contributed by atoms with Crippen molar-refractivity contribution in [3.63, 3.8) is 0 Å². The molecule has 94 valence electrons. The summed E-state index contributed by atoms with van der Waals surface area (Å²) in [5.41, 5.74) is 0.514. The number of carbonyl (C=O) groups is 1. The highest BCUT2D eigenvalue weighted by molar-refractivity contribution is 5.93. The molecule has 0 bridgehead atoms. The number of aromatic nitrogens is 3. The van der Waals surface area contributed by atoms with Gasteiger partial charge in [0.2, 0.25) is 0 Å². The van der Waals surface area contributed by atoms with E-state index in [-0.39, 0.29) is 5.78 Å². The third-order valence-corrected chi connectivity index (χ3v) is 3.12. The van der Waals surface area contributed by atoms with Crippen molar-refractivity contribution in [2.75, 3.05) is 13.1 Å². The molecule has 5 heteroatoms. The van der Waals surface area contributed by atoms with Gasteiger partial charge in [0.05, 0.1) is 12.2 Å². The molecule has 2 heterocycles. The summed E-state index contributed by atoms with van der Waals surface area (Å²) >= 11 is 0. The van der Waals surface area contributed by atoms with Gasteiger partial charge in [-0.2, -0.15) is 0 Å². The molecule has 0 spiro atoms. The number of ketones is 1. The summed E-state index contributed by atoms with van der Waals surface area (Å²) in [6, 6.07) is 0.375. The fourth-order valence-electron chi connectivity index (χ4n) is 1.84. The fraction of sp³-hybridized carbons (Fsp3) is 0.750. The van der Waals surface area contributed by atoms with Gasteiger partial charge in [0.25, 0.3) is 0 Å². The average Bonchev–Trinajstić information content (AvgIpc) is 2.63. The van der Waals surface area contributed by atoms with Gasteiger partial charge in [0, 0.05) is 19.5 Å². The monoisotopic (exact) mass is 236 g/mol. The summed E-state index contributed by atoms with van der Waals surface area (Å²) in [7, 11) is 0. The van der Waals surface area contributed by atoms with Crippen LogP contribution < -0.4 is 5.32 Å². The Morgan fingerprint density at radius 2 is 2.35 bits per heavy atom. The van der Waals surface area contributed by atoms with E-state index in [1.807, 2.05) is 0 Å². The van der Waals surface area contributed by atoms with Crippen molar-refractivity contribution in [1.82, 2.24) is 20.3 Å². The topological polar surface area (TPSA) is 59.8 Å². The van der Waals surface area contributed by atoms with Crippen LogP contribution in [0.25, 0.3) is 0 Å². The van der Waals surface area contributed by atoms with Crippen LogP contribution in [0.5, 0.6) is 0 Å². The Morgan fingerprint density at radius 3 is 2.94 bits per heavy atom. The quantitative estimate of drug-likeness (QED) is 0.759. The van der Waals surface area contributed by atoms with E-state index in [0.29, 0.717) is 24.1 Å². The zero-order chi connectivity index (χ0) is 12.3. The molecule has 1 aliphatic rings. The second kappa shape index (κ2) is 5.40. The number of hydrogen-bond acceptors (Lipinski definition) is 4. The molecular formula is C12H20N4O. The Morgan fingerprint density at radius 1 is 1.59 bits per heavy atom. The summed E-state index contributed by atoms with van der Waals surface area (Å²) in [5, 5.41) is 11.1. The van der Waals surface area contributed by atoms with E-state index < -0.39 is 0 Å². The molecule has 0 radical (unpaired) electrons. The number of rotatable bonds is 6. The maximum absolute atomic E-state index is 11.8. The summed E-state index contributed by atoms with van der Waals surface area (Å²) in [6.45, 7) is 6.18. The van der Waals surface area contributed by atoms with Crippen LogP contribution in [0.4, 0.5) is 0 Å². The highest BCUT2D eigenvalue weighted by Crippen LogP contribution is 2.12. The number of nitrogens with one attached hydrogen (secondary N) is 1. The molecule has 1 saturated heterocycles. The van der Waals surface area contributed by atoms with E-state index in [0.717, 1.165) is 25.9 Å². The van der Waals surface area contributed by atoms with Gasteiger partial charge in [-0.25, -0.2) is 4.68 Å². The lowest BCUT2D eigenvalue weighted by molar-refractivity contribution is 0.0973. The minimum absolute atomic E-state index is 0.115. The Kier molecular flexibility index (Phi) is 3.89. The molecule has 0 unspecified atom stereocenters. The average molecular weight is 236 g/mol. The van der Waals surface area contributed by atoms with E-state index in [4.69, 9.17) is 0 Å². The summed E-state index contributed by atoms with van der Waals surface area (Å²) in [4.78, 5) is 11.8. The Balaban J connectivity index is 1.84. The minimum atomic E-state index is 0.115. The van der Waals surface area contributed by atoms with Crippen LogP contribution in [-0.2, 0) is 0 Å². The molecule has 1 N–H and O–H groups in total. The number of nitrogens with zero attached hydrogens (tertiary/aromatic N) is 3. The first-order valence-corrected chi connectivity index (χ1v) is 6.32. The van der Waals surface area contributed by atoms with Crippen LogP contribution >= 0.6 is 0 Å². The van der Waals surface area contributed by atoms with Crippen molar-refractivity contribution >= 4 is 5.78 Å². The lowest BCUT2D eigenvalue weighted by Gasteiger charge is -2.26. The summed E-state index contributed by atoms with van der Waals surface area (Å²) < 4.78 is 1.80. The second-order valence-corrected chi connectivity index (χ2v) is 5.11. The molecule has 1 aromatic heterocycles. The molecule has 0 saturated carbocycles. The van der Waals surface area contributed by atoms with Gasteiger partial charge in [-0.15, -0.1) is 5.10 Å². The maximum Gasteiger partial charge on any atom is 0.184 e. The van der Waals surface area contributed by atoms with Crippen molar-refractivity contribution in [2.45, 2.75) is 39.2 Å². The van der Waals surface area contributed by atoms with Gasteiger partial charge in [0.1, 0.15) is 5.69 Å². The van der Waals surface area contributed by atoms with Gasteiger partial charge >= 0.3 is 0 Å². The predicted octanol–water partition coefficient (Wildman–Crippen LogP) is 1.43. The van der Waals surface area contributed by atoms with Gasteiger partial charge in [-0.3, -0.25) is 4.79 Å². The first kappa shape index (κ1) is 12.2. The van der Waals surface area contributed by atoms with Crippen LogP contribution in [-0.4, -0.2) is 33.9 Å². The number of Topliss-reactive ketones (excluding diaryl/α,β-unsaturated/α-hetero) is 1. The molecule has 0 atom stereocenters. The van der Waals surface area contributed by atoms with Crippen LogP contribution in [0.3, 0.4) is 0 Å². The third kappa shape index (κ3) is 3.12. The molecule has 2 rings (SSSR count). The van der Waals surface area contributed by atoms with Gasteiger partial charge < -0.3 is 5.32 Å². The molecule has 0 aliphatic carbocycles. The molecule has 5 nitrogen and oxygen atoms in total. The second-order valence-electron chi connectivity index (χ2n) is 5.11. The van der Waals surface area contributed by atoms with Crippen molar-refractivity contribution in [3.05, 3.63) is 11.9 Å². The lowest BCUT2D eigenvalue weighted by atomic mass is 10.0. The highest BCUT2D eigenvalue weighted by atomic mass is 16.1. The summed E-state index contributed by atoms with van der Waals surface area (Å²) in [6.07, 6.45) is 4.39. The van der Waals surface area contributed by atoms with E-state index >= 15 is 0 Å². The van der Waals surface area contributed by atoms with Crippen molar-refractivity contribution < 1.29 is 4.79 Å². The normalized spacial score (nSPS) is 16.2. The Bertz CT molecular complexity index is 382. The maximum atomic E-state index is 11.8. The standard InChI is InChI=1S/C12H20N4O/c1-9(2)4-3-5-12(17)11-8-16(15-14-11)10-6-13-7-10/h8-10,13H,3-7H2,1-2H3. The molecule has 0 amide bonds. The van der Waals surface area contributed by atoms with Gasteiger partial charge in [-0.1, -0.05) is 25.5 Å².